The van der Waals surface area contributed by atoms with Crippen LogP contribution in [0.15, 0.2) is 23.4 Å². The minimum absolute atomic E-state index is 0.134. The Morgan fingerprint density at radius 2 is 2.25 bits per heavy atom. The molecule has 0 aromatic heterocycles. The Labute approximate surface area is 103 Å². The van der Waals surface area contributed by atoms with Gasteiger partial charge >= 0.3 is 0 Å². The monoisotopic (exact) mass is 260 g/mol. The molecule has 0 saturated heterocycles. The zero-order valence-electron chi connectivity index (χ0n) is 8.54. The highest BCUT2D eigenvalue weighted by molar-refractivity contribution is 6.31. The number of nitrogens with zero attached hydrogens (tertiary/aromatic N) is 1. The second-order valence-electron chi connectivity index (χ2n) is 3.20. The third-order valence-corrected chi connectivity index (χ3v) is 2.66. The van der Waals surface area contributed by atoms with Crippen LogP contribution in [0.1, 0.15) is 23.6 Å². The Hall–Kier alpha value is -1.13. The molecule has 0 aliphatic rings. The summed E-state index contributed by atoms with van der Waals surface area (Å²) in [7, 11) is 0. The fourth-order valence-corrected chi connectivity index (χ4v) is 1.53. The van der Waals surface area contributed by atoms with E-state index >= 15 is 0 Å². The normalized spacial score (nSPS) is 11.9. The number of nitrogens with one attached hydrogen (secondary N) is 1. The molecule has 0 aliphatic heterocycles. The van der Waals surface area contributed by atoms with E-state index in [0.717, 1.165) is 5.56 Å². The standard InChI is InChI=1S/C10H10Cl2N2O2/c1-6(15)13-5-8-3-2-7(4-9(8)11)10(12)14-16/h2-4,10H,5H2,1H3,(H,13,15). The van der Waals surface area contributed by atoms with E-state index in [1.165, 1.54) is 6.92 Å². The first-order valence-corrected chi connectivity index (χ1v) is 5.35. The maximum absolute atomic E-state index is 10.7. The molecule has 0 spiro atoms. The van der Waals surface area contributed by atoms with Crippen molar-refractivity contribution in [3.63, 3.8) is 0 Å². The summed E-state index contributed by atoms with van der Waals surface area (Å²) in [5.74, 6) is -0.134. The highest BCUT2D eigenvalue weighted by atomic mass is 35.5. The molecule has 86 valence electrons. The first-order chi connectivity index (χ1) is 7.54. The highest BCUT2D eigenvalue weighted by Gasteiger charge is 2.09. The average molecular weight is 261 g/mol. The molecule has 4 nitrogen and oxygen atoms in total. The van der Waals surface area contributed by atoms with Crippen molar-refractivity contribution in [2.24, 2.45) is 5.18 Å². The summed E-state index contributed by atoms with van der Waals surface area (Å²) in [4.78, 5) is 21.0. The van der Waals surface area contributed by atoms with Crippen LogP contribution in [-0.4, -0.2) is 5.91 Å². The Bertz CT molecular complexity index is 410. The molecule has 1 aromatic rings. The van der Waals surface area contributed by atoms with Crippen molar-refractivity contribution in [2.75, 3.05) is 0 Å². The van der Waals surface area contributed by atoms with Gasteiger partial charge in [-0.15, -0.1) is 4.91 Å². The van der Waals surface area contributed by atoms with Crippen LogP contribution in [0.2, 0.25) is 5.02 Å². The lowest BCUT2D eigenvalue weighted by atomic mass is 10.1. The molecule has 0 aliphatic carbocycles. The molecule has 0 radical (unpaired) electrons. The van der Waals surface area contributed by atoms with Crippen LogP contribution in [0.3, 0.4) is 0 Å². The van der Waals surface area contributed by atoms with Gasteiger partial charge in [0.2, 0.25) is 5.91 Å². The molecule has 1 amide bonds. The van der Waals surface area contributed by atoms with E-state index in [9.17, 15) is 9.70 Å². The Kier molecular flexibility index (Phi) is 4.71. The number of carbonyl (C=O) groups excluding carboxylic acids is 1. The number of hydrogen-bond donors (Lipinski definition) is 1. The number of halogens is 2. The van der Waals surface area contributed by atoms with E-state index < -0.39 is 5.50 Å². The molecule has 0 bridgehead atoms. The summed E-state index contributed by atoms with van der Waals surface area (Å²) in [5.41, 5.74) is 0.357. The predicted molar refractivity (Wildman–Crippen MR) is 63.4 cm³/mol. The van der Waals surface area contributed by atoms with E-state index in [2.05, 4.69) is 10.5 Å². The van der Waals surface area contributed by atoms with Gasteiger partial charge < -0.3 is 5.32 Å². The van der Waals surface area contributed by atoms with Gasteiger partial charge in [0.15, 0.2) is 5.50 Å². The molecule has 0 saturated carbocycles. The van der Waals surface area contributed by atoms with Crippen molar-refractivity contribution >= 4 is 29.1 Å². The number of rotatable bonds is 4. The summed E-state index contributed by atoms with van der Waals surface area (Å²) in [6.45, 7) is 1.77. The average Bonchev–Trinajstić information content (AvgIpc) is 2.26. The lowest BCUT2D eigenvalue weighted by Gasteiger charge is -2.07. The van der Waals surface area contributed by atoms with E-state index in [1.807, 2.05) is 0 Å². The minimum Gasteiger partial charge on any atom is -0.352 e. The van der Waals surface area contributed by atoms with E-state index in [0.29, 0.717) is 17.1 Å². The van der Waals surface area contributed by atoms with E-state index in [-0.39, 0.29) is 5.91 Å². The largest absolute Gasteiger partial charge is 0.352 e. The van der Waals surface area contributed by atoms with Gasteiger partial charge in [-0.1, -0.05) is 35.3 Å². The highest BCUT2D eigenvalue weighted by Crippen LogP contribution is 2.26. The second-order valence-corrected chi connectivity index (χ2v) is 4.02. The van der Waals surface area contributed by atoms with Gasteiger partial charge in [-0.25, -0.2) is 0 Å². The topological polar surface area (TPSA) is 58.5 Å². The third kappa shape index (κ3) is 3.47. The lowest BCUT2D eigenvalue weighted by Crippen LogP contribution is -2.19. The Morgan fingerprint density at radius 3 is 2.75 bits per heavy atom. The Balaban J connectivity index is 2.82. The van der Waals surface area contributed by atoms with Gasteiger partial charge in [0, 0.05) is 18.5 Å². The van der Waals surface area contributed by atoms with Gasteiger partial charge in [-0.05, 0) is 22.4 Å². The number of carbonyl (C=O) groups is 1. The van der Waals surface area contributed by atoms with Crippen molar-refractivity contribution in [3.8, 4) is 0 Å². The SMILES string of the molecule is CC(=O)NCc1ccc(C(Cl)N=O)cc1Cl. The smallest absolute Gasteiger partial charge is 0.217 e. The molecule has 16 heavy (non-hydrogen) atoms. The molecular formula is C10H10Cl2N2O2. The van der Waals surface area contributed by atoms with Crippen LogP contribution in [0.4, 0.5) is 0 Å². The molecule has 1 N–H and O–H groups in total. The number of alkyl halides is 1. The summed E-state index contributed by atoms with van der Waals surface area (Å²) in [6.07, 6.45) is 0. The zero-order chi connectivity index (χ0) is 12.1. The number of nitroso groups, excluding NO2 is 1. The van der Waals surface area contributed by atoms with Gasteiger partial charge in [-0.3, -0.25) is 4.79 Å². The molecule has 1 unspecified atom stereocenters. The lowest BCUT2D eigenvalue weighted by molar-refractivity contribution is -0.119. The zero-order valence-corrected chi connectivity index (χ0v) is 10.0. The molecule has 6 heteroatoms. The number of benzene rings is 1. The second kappa shape index (κ2) is 5.82. The van der Waals surface area contributed by atoms with E-state index in [4.69, 9.17) is 23.2 Å². The number of amides is 1. The van der Waals surface area contributed by atoms with Gasteiger partial charge in [0.1, 0.15) is 0 Å². The predicted octanol–water partition coefficient (Wildman–Crippen LogP) is 2.98. The molecule has 1 atom stereocenters. The summed E-state index contributed by atoms with van der Waals surface area (Å²) in [5, 5.41) is 5.76. The van der Waals surface area contributed by atoms with Crippen molar-refractivity contribution in [3.05, 3.63) is 39.3 Å². The van der Waals surface area contributed by atoms with Crippen molar-refractivity contribution in [1.82, 2.24) is 5.32 Å². The molecule has 1 aromatic carbocycles. The molecule has 0 heterocycles. The third-order valence-electron chi connectivity index (χ3n) is 1.97. The van der Waals surface area contributed by atoms with Gasteiger partial charge in [-0.2, -0.15) is 0 Å². The fourth-order valence-electron chi connectivity index (χ4n) is 1.14. The summed E-state index contributed by atoms with van der Waals surface area (Å²) < 4.78 is 0. The molecule has 1 rings (SSSR count). The van der Waals surface area contributed by atoms with Crippen LogP contribution in [-0.2, 0) is 11.3 Å². The quantitative estimate of drug-likeness (QED) is 0.514. The summed E-state index contributed by atoms with van der Waals surface area (Å²) >= 11 is 11.6. The molecule has 0 fully saturated rings. The van der Waals surface area contributed by atoms with Gasteiger partial charge in [0.25, 0.3) is 0 Å². The van der Waals surface area contributed by atoms with Crippen LogP contribution in [0.25, 0.3) is 0 Å². The van der Waals surface area contributed by atoms with Crippen LogP contribution >= 0.6 is 23.2 Å². The number of hydrogen-bond acceptors (Lipinski definition) is 3. The maximum atomic E-state index is 10.7. The van der Waals surface area contributed by atoms with E-state index in [1.54, 1.807) is 18.2 Å². The van der Waals surface area contributed by atoms with Crippen LogP contribution in [0, 0.1) is 4.91 Å². The van der Waals surface area contributed by atoms with Gasteiger partial charge in [0.05, 0.1) is 0 Å². The summed E-state index contributed by atoms with van der Waals surface area (Å²) in [6, 6.07) is 4.92. The fraction of sp³-hybridized carbons (Fsp3) is 0.300. The Morgan fingerprint density at radius 1 is 1.56 bits per heavy atom. The van der Waals surface area contributed by atoms with Crippen molar-refractivity contribution < 1.29 is 4.79 Å². The van der Waals surface area contributed by atoms with Crippen LogP contribution in [0.5, 0.6) is 0 Å². The molecular weight excluding hydrogens is 251 g/mol. The van der Waals surface area contributed by atoms with Crippen LogP contribution < -0.4 is 5.32 Å². The first-order valence-electron chi connectivity index (χ1n) is 4.54. The van der Waals surface area contributed by atoms with Crippen molar-refractivity contribution in [1.29, 1.82) is 0 Å². The minimum atomic E-state index is -0.938. The first kappa shape index (κ1) is 12.9. The van der Waals surface area contributed by atoms with Crippen molar-refractivity contribution in [2.45, 2.75) is 19.0 Å². The maximum Gasteiger partial charge on any atom is 0.217 e.